The molecule has 0 spiro atoms. The number of aromatic amines is 1. The van der Waals surface area contributed by atoms with Crippen molar-refractivity contribution in [3.8, 4) is 0 Å². The molecule has 0 fully saturated rings. The van der Waals surface area contributed by atoms with Crippen LogP contribution in [-0.4, -0.2) is 32.7 Å². The Morgan fingerprint density at radius 1 is 1.35 bits per heavy atom. The number of nitrogens with one attached hydrogen (secondary N) is 2. The Balaban J connectivity index is 2.19. The van der Waals surface area contributed by atoms with Gasteiger partial charge in [-0.25, -0.2) is 14.6 Å². The maximum absolute atomic E-state index is 11.6. The summed E-state index contributed by atoms with van der Waals surface area (Å²) in [6, 6.07) is 3.07. The minimum absolute atomic E-state index is 0.0434. The van der Waals surface area contributed by atoms with Crippen LogP contribution < -0.4 is 5.32 Å². The largest absolute Gasteiger partial charge is 0.477 e. The van der Waals surface area contributed by atoms with Crippen molar-refractivity contribution in [2.75, 3.05) is 5.32 Å². The van der Waals surface area contributed by atoms with Crippen LogP contribution in [0, 0.1) is 0 Å². The summed E-state index contributed by atoms with van der Waals surface area (Å²) in [5.74, 6) is -1.07. The van der Waals surface area contributed by atoms with Crippen molar-refractivity contribution < 1.29 is 19.4 Å². The second-order valence-corrected chi connectivity index (χ2v) is 5.28. The fourth-order valence-electron chi connectivity index (χ4n) is 1.62. The summed E-state index contributed by atoms with van der Waals surface area (Å²) in [4.78, 5) is 29.2. The van der Waals surface area contributed by atoms with Crippen molar-refractivity contribution in [2.45, 2.75) is 26.4 Å². The van der Waals surface area contributed by atoms with Crippen molar-refractivity contribution in [1.82, 2.24) is 9.97 Å². The third-order valence-electron chi connectivity index (χ3n) is 2.35. The molecule has 1 amide bonds. The van der Waals surface area contributed by atoms with E-state index in [1.54, 1.807) is 26.8 Å². The van der Waals surface area contributed by atoms with Gasteiger partial charge in [-0.1, -0.05) is 0 Å². The first kappa shape index (κ1) is 13.9. The molecule has 2 aromatic rings. The maximum atomic E-state index is 11.6. The van der Waals surface area contributed by atoms with Gasteiger partial charge in [-0.05, 0) is 32.9 Å². The molecule has 0 unspecified atom stereocenters. The quantitative estimate of drug-likeness (QED) is 0.782. The van der Waals surface area contributed by atoms with Crippen molar-refractivity contribution >= 4 is 28.8 Å². The van der Waals surface area contributed by atoms with Gasteiger partial charge in [0, 0.05) is 5.39 Å². The van der Waals surface area contributed by atoms with Gasteiger partial charge < -0.3 is 14.8 Å². The second kappa shape index (κ2) is 4.84. The lowest BCUT2D eigenvalue weighted by Gasteiger charge is -2.19. The third-order valence-corrected chi connectivity index (χ3v) is 2.35. The highest BCUT2D eigenvalue weighted by Crippen LogP contribution is 2.18. The number of amides is 1. The summed E-state index contributed by atoms with van der Waals surface area (Å²) in [5.41, 5.74) is 0.327. The number of carboxylic acids is 1. The number of carbonyl (C=O) groups is 2. The Morgan fingerprint density at radius 2 is 2.05 bits per heavy atom. The number of rotatable bonds is 2. The van der Waals surface area contributed by atoms with Crippen LogP contribution in [0.5, 0.6) is 0 Å². The number of aromatic nitrogens is 2. The van der Waals surface area contributed by atoms with Gasteiger partial charge in [0.25, 0.3) is 0 Å². The van der Waals surface area contributed by atoms with E-state index in [4.69, 9.17) is 9.84 Å². The Bertz CT molecular complexity index is 670. The number of pyridine rings is 1. The van der Waals surface area contributed by atoms with E-state index in [-0.39, 0.29) is 5.69 Å². The summed E-state index contributed by atoms with van der Waals surface area (Å²) in [7, 11) is 0. The standard InChI is InChI=1S/C13H15N3O4/c1-13(2,3)20-12(19)15-8-4-7-5-9(11(17)18)16-10(7)14-6-8/h4-6H,1-3H3,(H,14,16)(H,15,19)(H,17,18). The minimum atomic E-state index is -1.07. The van der Waals surface area contributed by atoms with Crippen molar-refractivity contribution in [1.29, 1.82) is 0 Å². The van der Waals surface area contributed by atoms with E-state index < -0.39 is 17.7 Å². The number of ether oxygens (including phenoxy) is 1. The van der Waals surface area contributed by atoms with Crippen LogP contribution in [-0.2, 0) is 4.74 Å². The monoisotopic (exact) mass is 277 g/mol. The predicted molar refractivity (Wildman–Crippen MR) is 72.9 cm³/mol. The molecule has 0 saturated heterocycles. The molecule has 7 nitrogen and oxygen atoms in total. The predicted octanol–water partition coefficient (Wildman–Crippen LogP) is 2.61. The zero-order chi connectivity index (χ0) is 14.9. The first-order chi connectivity index (χ1) is 9.24. The molecule has 2 rings (SSSR count). The average molecular weight is 277 g/mol. The van der Waals surface area contributed by atoms with Gasteiger partial charge in [-0.15, -0.1) is 0 Å². The van der Waals surface area contributed by atoms with Gasteiger partial charge in [0.15, 0.2) is 0 Å². The molecule has 2 heterocycles. The highest BCUT2D eigenvalue weighted by Gasteiger charge is 2.16. The Kier molecular flexibility index (Phi) is 3.35. The summed E-state index contributed by atoms with van der Waals surface area (Å²) in [6.07, 6.45) is 0.835. The Labute approximate surface area is 115 Å². The molecule has 20 heavy (non-hydrogen) atoms. The second-order valence-electron chi connectivity index (χ2n) is 5.28. The molecule has 3 N–H and O–H groups in total. The molecular weight excluding hydrogens is 262 g/mol. The summed E-state index contributed by atoms with van der Waals surface area (Å²) in [6.45, 7) is 5.29. The summed E-state index contributed by atoms with van der Waals surface area (Å²) >= 11 is 0. The zero-order valence-electron chi connectivity index (χ0n) is 11.4. The van der Waals surface area contributed by atoms with Crippen LogP contribution in [0.2, 0.25) is 0 Å². The lowest BCUT2D eigenvalue weighted by Crippen LogP contribution is -2.27. The van der Waals surface area contributed by atoms with E-state index >= 15 is 0 Å². The first-order valence-electron chi connectivity index (χ1n) is 5.97. The SMILES string of the molecule is CC(C)(C)OC(=O)Nc1cnc2[nH]c(C(=O)O)cc2c1. The lowest BCUT2D eigenvalue weighted by atomic mass is 10.2. The van der Waals surface area contributed by atoms with Gasteiger partial charge in [0.05, 0.1) is 11.9 Å². The molecule has 0 bridgehead atoms. The number of H-pyrrole nitrogens is 1. The van der Waals surface area contributed by atoms with Gasteiger partial charge in [0.1, 0.15) is 16.9 Å². The molecule has 0 radical (unpaired) electrons. The van der Waals surface area contributed by atoms with Crippen LogP contribution in [0.25, 0.3) is 11.0 Å². The normalized spacial score (nSPS) is 11.3. The lowest BCUT2D eigenvalue weighted by molar-refractivity contribution is 0.0634. The molecule has 0 aromatic carbocycles. The Hall–Kier alpha value is -2.57. The number of nitrogens with zero attached hydrogens (tertiary/aromatic N) is 1. The van der Waals surface area contributed by atoms with Gasteiger partial charge in [0.2, 0.25) is 0 Å². The van der Waals surface area contributed by atoms with Gasteiger partial charge >= 0.3 is 12.1 Å². The number of carbonyl (C=O) groups excluding carboxylic acids is 1. The van der Waals surface area contributed by atoms with E-state index in [2.05, 4.69) is 15.3 Å². The molecule has 7 heteroatoms. The molecule has 106 valence electrons. The molecule has 0 saturated carbocycles. The van der Waals surface area contributed by atoms with Crippen molar-refractivity contribution in [3.63, 3.8) is 0 Å². The van der Waals surface area contributed by atoms with Gasteiger partial charge in [-0.2, -0.15) is 0 Å². The Morgan fingerprint density at radius 3 is 2.65 bits per heavy atom. The number of carboxylic acid groups (broad SMARTS) is 1. The van der Waals surface area contributed by atoms with Crippen molar-refractivity contribution in [2.24, 2.45) is 0 Å². The fraction of sp³-hybridized carbons (Fsp3) is 0.308. The number of hydrogen-bond acceptors (Lipinski definition) is 4. The molecule has 0 aliphatic carbocycles. The van der Waals surface area contributed by atoms with E-state index in [9.17, 15) is 9.59 Å². The molecule has 0 aliphatic heterocycles. The summed E-state index contributed by atoms with van der Waals surface area (Å²) in [5, 5.41) is 12.0. The minimum Gasteiger partial charge on any atom is -0.477 e. The van der Waals surface area contributed by atoms with Crippen LogP contribution in [0.4, 0.5) is 10.5 Å². The van der Waals surface area contributed by atoms with Crippen LogP contribution in [0.15, 0.2) is 18.3 Å². The number of hydrogen-bond donors (Lipinski definition) is 3. The van der Waals surface area contributed by atoms with E-state index in [1.165, 1.54) is 12.3 Å². The third kappa shape index (κ3) is 3.25. The first-order valence-corrected chi connectivity index (χ1v) is 5.97. The van der Waals surface area contributed by atoms with Crippen LogP contribution >= 0.6 is 0 Å². The number of anilines is 1. The van der Waals surface area contributed by atoms with E-state index in [0.717, 1.165) is 0 Å². The fourth-order valence-corrected chi connectivity index (χ4v) is 1.62. The molecule has 2 aromatic heterocycles. The zero-order valence-corrected chi connectivity index (χ0v) is 11.4. The highest BCUT2D eigenvalue weighted by molar-refractivity contribution is 5.94. The molecule has 0 aliphatic rings. The smallest absolute Gasteiger partial charge is 0.412 e. The maximum Gasteiger partial charge on any atom is 0.412 e. The topological polar surface area (TPSA) is 104 Å². The molecular formula is C13H15N3O4. The average Bonchev–Trinajstić information content (AvgIpc) is 2.69. The van der Waals surface area contributed by atoms with Crippen molar-refractivity contribution in [3.05, 3.63) is 24.0 Å². The van der Waals surface area contributed by atoms with E-state index in [1.807, 2.05) is 0 Å². The van der Waals surface area contributed by atoms with E-state index in [0.29, 0.717) is 16.7 Å². The highest BCUT2D eigenvalue weighted by atomic mass is 16.6. The van der Waals surface area contributed by atoms with Gasteiger partial charge in [-0.3, -0.25) is 5.32 Å². The van der Waals surface area contributed by atoms with Crippen LogP contribution in [0.1, 0.15) is 31.3 Å². The summed E-state index contributed by atoms with van der Waals surface area (Å²) < 4.78 is 5.12. The molecule has 0 atom stereocenters. The number of aromatic carboxylic acids is 1. The van der Waals surface area contributed by atoms with Crippen LogP contribution in [0.3, 0.4) is 0 Å². The number of fused-ring (bicyclic) bond motifs is 1.